The summed E-state index contributed by atoms with van der Waals surface area (Å²) in [5.74, 6) is 0.101. The van der Waals surface area contributed by atoms with E-state index in [2.05, 4.69) is 33.0 Å². The van der Waals surface area contributed by atoms with Gasteiger partial charge in [-0.25, -0.2) is 0 Å². The Hall–Kier alpha value is -1.78. The molecule has 2 aliphatic carbocycles. The van der Waals surface area contributed by atoms with Crippen molar-refractivity contribution < 1.29 is 14.3 Å². The zero-order chi connectivity index (χ0) is 22.7. The molecule has 0 spiro atoms. The molecule has 1 aliphatic heterocycles. The van der Waals surface area contributed by atoms with Gasteiger partial charge in [-0.3, -0.25) is 9.59 Å². The van der Waals surface area contributed by atoms with E-state index in [1.807, 2.05) is 6.92 Å². The minimum atomic E-state index is -0.517. The quantitative estimate of drug-likeness (QED) is 0.568. The van der Waals surface area contributed by atoms with E-state index in [1.165, 1.54) is 0 Å². The molecule has 1 heterocycles. The third-order valence-corrected chi connectivity index (χ3v) is 6.85. The molecule has 0 bridgehead atoms. The Kier molecular flexibility index (Phi) is 5.54. The number of carbonyl (C=O) groups excluding carboxylic acids is 2. The Morgan fingerprint density at radius 3 is 1.94 bits per heavy atom. The SMILES string of the molecule is CCOc1c(Cl)cc(Cl)cc1C1C2=C(CC(C)(C)CC2=O)NC2=C1C(=O)CC(C)(C)C2. The van der Waals surface area contributed by atoms with Crippen molar-refractivity contribution in [2.24, 2.45) is 10.8 Å². The first kappa shape index (κ1) is 22.4. The van der Waals surface area contributed by atoms with Crippen molar-refractivity contribution in [3.05, 3.63) is 50.3 Å². The number of ketones is 2. The normalized spacial score (nSPS) is 22.8. The molecule has 0 amide bonds. The van der Waals surface area contributed by atoms with Gasteiger partial charge in [-0.05, 0) is 42.7 Å². The van der Waals surface area contributed by atoms with E-state index in [4.69, 9.17) is 27.9 Å². The van der Waals surface area contributed by atoms with Crippen molar-refractivity contribution in [1.29, 1.82) is 0 Å². The average molecular weight is 462 g/mol. The van der Waals surface area contributed by atoms with Gasteiger partial charge in [0.1, 0.15) is 5.75 Å². The number of ether oxygens (including phenoxy) is 1. The zero-order valence-electron chi connectivity index (χ0n) is 18.7. The van der Waals surface area contributed by atoms with E-state index in [9.17, 15) is 9.59 Å². The molecule has 31 heavy (non-hydrogen) atoms. The molecule has 0 saturated carbocycles. The third-order valence-electron chi connectivity index (χ3n) is 6.36. The second-order valence-corrected chi connectivity index (χ2v) is 11.3. The Labute approximate surface area is 194 Å². The predicted molar refractivity (Wildman–Crippen MR) is 124 cm³/mol. The lowest BCUT2D eigenvalue weighted by Crippen LogP contribution is -2.42. The maximum Gasteiger partial charge on any atom is 0.162 e. The van der Waals surface area contributed by atoms with Crippen molar-refractivity contribution in [2.45, 2.75) is 66.2 Å². The Morgan fingerprint density at radius 2 is 1.45 bits per heavy atom. The predicted octanol–water partition coefficient (Wildman–Crippen LogP) is 6.37. The van der Waals surface area contributed by atoms with Crippen LogP contribution in [0.4, 0.5) is 0 Å². The van der Waals surface area contributed by atoms with E-state index in [1.54, 1.807) is 12.1 Å². The van der Waals surface area contributed by atoms with Crippen LogP contribution in [0.25, 0.3) is 0 Å². The number of carbonyl (C=O) groups is 2. The van der Waals surface area contributed by atoms with Crippen LogP contribution in [0, 0.1) is 10.8 Å². The summed E-state index contributed by atoms with van der Waals surface area (Å²) in [7, 11) is 0. The van der Waals surface area contributed by atoms with Crippen molar-refractivity contribution in [2.75, 3.05) is 6.61 Å². The highest BCUT2D eigenvalue weighted by molar-refractivity contribution is 6.35. The highest BCUT2D eigenvalue weighted by Crippen LogP contribution is 2.53. The molecule has 1 aromatic rings. The fraction of sp³-hybridized carbons (Fsp3) is 0.520. The summed E-state index contributed by atoms with van der Waals surface area (Å²) >= 11 is 12.9. The molecular formula is C25H29Cl2NO3. The number of allylic oxidation sites excluding steroid dienone is 4. The highest BCUT2D eigenvalue weighted by Gasteiger charge is 2.47. The number of Topliss-reactive ketones (excluding diaryl/α,β-unsaturated/α-hetero) is 2. The molecule has 0 atom stereocenters. The lowest BCUT2D eigenvalue weighted by molar-refractivity contribution is -0.119. The molecule has 0 unspecified atom stereocenters. The molecule has 0 aromatic heterocycles. The fourth-order valence-electron chi connectivity index (χ4n) is 5.29. The van der Waals surface area contributed by atoms with Crippen LogP contribution < -0.4 is 10.1 Å². The average Bonchev–Trinajstić information content (AvgIpc) is 2.60. The molecular weight excluding hydrogens is 433 g/mol. The van der Waals surface area contributed by atoms with Crippen molar-refractivity contribution >= 4 is 34.8 Å². The highest BCUT2D eigenvalue weighted by atomic mass is 35.5. The van der Waals surface area contributed by atoms with Crippen LogP contribution in [0.3, 0.4) is 0 Å². The smallest absolute Gasteiger partial charge is 0.162 e. The number of hydrogen-bond donors (Lipinski definition) is 1. The van der Waals surface area contributed by atoms with E-state index in [0.717, 1.165) is 24.2 Å². The summed E-state index contributed by atoms with van der Waals surface area (Å²) in [4.78, 5) is 26.9. The molecule has 6 heteroatoms. The van der Waals surface area contributed by atoms with Gasteiger partial charge in [0.2, 0.25) is 0 Å². The van der Waals surface area contributed by atoms with Crippen LogP contribution in [0.5, 0.6) is 5.75 Å². The van der Waals surface area contributed by atoms with Gasteiger partial charge in [-0.1, -0.05) is 50.9 Å². The van der Waals surface area contributed by atoms with Gasteiger partial charge in [0, 0.05) is 51.9 Å². The van der Waals surface area contributed by atoms with Crippen molar-refractivity contribution in [1.82, 2.24) is 5.32 Å². The van der Waals surface area contributed by atoms with Gasteiger partial charge in [-0.2, -0.15) is 0 Å². The molecule has 4 nitrogen and oxygen atoms in total. The number of dihydropyridines is 1. The maximum atomic E-state index is 13.4. The van der Waals surface area contributed by atoms with Gasteiger partial charge < -0.3 is 10.1 Å². The Morgan fingerprint density at radius 1 is 0.935 bits per heavy atom. The van der Waals surface area contributed by atoms with E-state index < -0.39 is 5.92 Å². The van der Waals surface area contributed by atoms with Crippen LogP contribution in [0.1, 0.15) is 71.8 Å². The summed E-state index contributed by atoms with van der Waals surface area (Å²) in [6.07, 6.45) is 2.36. The Balaban J connectivity index is 1.99. The number of hydrogen-bond acceptors (Lipinski definition) is 4. The second kappa shape index (κ2) is 7.67. The largest absolute Gasteiger partial charge is 0.492 e. The summed E-state index contributed by atoms with van der Waals surface area (Å²) in [5.41, 5.74) is 3.55. The maximum absolute atomic E-state index is 13.4. The zero-order valence-corrected chi connectivity index (χ0v) is 20.3. The topological polar surface area (TPSA) is 55.4 Å². The second-order valence-electron chi connectivity index (χ2n) is 10.5. The van der Waals surface area contributed by atoms with Crippen molar-refractivity contribution in [3.63, 3.8) is 0 Å². The summed E-state index contributed by atoms with van der Waals surface area (Å²) in [6.45, 7) is 10.7. The van der Waals surface area contributed by atoms with Crippen LogP contribution in [-0.4, -0.2) is 18.2 Å². The van der Waals surface area contributed by atoms with Crippen LogP contribution in [0.2, 0.25) is 10.0 Å². The van der Waals surface area contributed by atoms with Crippen LogP contribution in [0.15, 0.2) is 34.7 Å². The van der Waals surface area contributed by atoms with Gasteiger partial charge >= 0.3 is 0 Å². The first-order valence-corrected chi connectivity index (χ1v) is 11.6. The molecule has 166 valence electrons. The molecule has 1 aromatic carbocycles. The third kappa shape index (κ3) is 4.05. The lowest BCUT2D eigenvalue weighted by Gasteiger charge is -2.44. The van der Waals surface area contributed by atoms with E-state index >= 15 is 0 Å². The first-order valence-electron chi connectivity index (χ1n) is 10.8. The molecule has 0 fully saturated rings. The van der Waals surface area contributed by atoms with Crippen LogP contribution in [-0.2, 0) is 9.59 Å². The standard InChI is InChI=1S/C25H29Cl2NO3/c1-6-31-23-14(7-13(26)8-15(23)27)20-21-16(9-24(2,3)11-18(21)29)28-17-10-25(4,5)12-19(30)22(17)20/h7-8,20,28H,6,9-12H2,1-5H3. The summed E-state index contributed by atoms with van der Waals surface area (Å²) in [6, 6.07) is 3.44. The monoisotopic (exact) mass is 461 g/mol. The van der Waals surface area contributed by atoms with Gasteiger partial charge in [0.25, 0.3) is 0 Å². The number of benzene rings is 1. The van der Waals surface area contributed by atoms with Crippen LogP contribution >= 0.6 is 23.2 Å². The van der Waals surface area contributed by atoms with Gasteiger partial charge in [0.15, 0.2) is 11.6 Å². The number of nitrogens with one attached hydrogen (secondary N) is 1. The van der Waals surface area contributed by atoms with E-state index in [-0.39, 0.29) is 22.4 Å². The first-order chi connectivity index (χ1) is 14.4. The fourth-order valence-corrected chi connectivity index (χ4v) is 5.85. The molecule has 1 N–H and O–H groups in total. The van der Waals surface area contributed by atoms with Gasteiger partial charge in [0.05, 0.1) is 11.6 Å². The summed E-state index contributed by atoms with van der Waals surface area (Å²) < 4.78 is 5.91. The molecule has 4 rings (SSSR count). The molecule has 0 radical (unpaired) electrons. The molecule has 0 saturated heterocycles. The lowest BCUT2D eigenvalue weighted by atomic mass is 9.64. The minimum Gasteiger partial charge on any atom is -0.492 e. The van der Waals surface area contributed by atoms with Crippen molar-refractivity contribution in [3.8, 4) is 5.75 Å². The molecule has 3 aliphatic rings. The van der Waals surface area contributed by atoms with Gasteiger partial charge in [-0.15, -0.1) is 0 Å². The summed E-state index contributed by atoms with van der Waals surface area (Å²) in [5, 5.41) is 4.37. The van der Waals surface area contributed by atoms with E-state index in [0.29, 0.717) is 52.0 Å². The minimum absolute atomic E-state index is 0.0616. The number of rotatable bonds is 3. The number of halogens is 2. The Bertz CT molecular complexity index is 997.